The summed E-state index contributed by atoms with van der Waals surface area (Å²) in [5.74, 6) is -0.118. The van der Waals surface area contributed by atoms with Crippen molar-refractivity contribution in [3.8, 4) is 0 Å². The first-order valence-corrected chi connectivity index (χ1v) is 12.7. The molecule has 0 atom stereocenters. The van der Waals surface area contributed by atoms with Crippen molar-refractivity contribution in [1.29, 1.82) is 0 Å². The molecule has 1 aliphatic rings. The number of hydrogen-bond acceptors (Lipinski definition) is 5. The van der Waals surface area contributed by atoms with Gasteiger partial charge in [0.2, 0.25) is 15.9 Å². The molecule has 0 aliphatic carbocycles. The molecule has 7 nitrogen and oxygen atoms in total. The van der Waals surface area contributed by atoms with E-state index in [2.05, 4.69) is 22.8 Å². The topological polar surface area (TPSA) is 81.8 Å². The maximum Gasteiger partial charge on any atom is 0.243 e. The Labute approximate surface area is 191 Å². The van der Waals surface area contributed by atoms with E-state index < -0.39 is 10.0 Å². The van der Waals surface area contributed by atoms with E-state index >= 15 is 0 Å². The Morgan fingerprint density at radius 1 is 1.03 bits per heavy atom. The number of nitrogens with one attached hydrogen (secondary N) is 2. The van der Waals surface area contributed by atoms with Gasteiger partial charge in [-0.2, -0.15) is 4.31 Å². The van der Waals surface area contributed by atoms with Gasteiger partial charge in [0.1, 0.15) is 0 Å². The van der Waals surface area contributed by atoms with E-state index in [1.54, 1.807) is 22.5 Å². The first-order chi connectivity index (χ1) is 15.4. The van der Waals surface area contributed by atoms with Gasteiger partial charge < -0.3 is 15.5 Å². The summed E-state index contributed by atoms with van der Waals surface area (Å²) >= 11 is 0. The van der Waals surface area contributed by atoms with Crippen LogP contribution in [0.4, 0.5) is 11.4 Å². The summed E-state index contributed by atoms with van der Waals surface area (Å²) < 4.78 is 27.7. The van der Waals surface area contributed by atoms with Crippen molar-refractivity contribution in [2.45, 2.75) is 37.0 Å². The summed E-state index contributed by atoms with van der Waals surface area (Å²) in [6, 6.07) is 15.3. The zero-order valence-corrected chi connectivity index (χ0v) is 19.8. The maximum absolute atomic E-state index is 13.1. The summed E-state index contributed by atoms with van der Waals surface area (Å²) in [4.78, 5) is 14.5. The van der Waals surface area contributed by atoms with Crippen LogP contribution in [-0.4, -0.2) is 58.9 Å². The van der Waals surface area contributed by atoms with Gasteiger partial charge in [-0.25, -0.2) is 8.42 Å². The lowest BCUT2D eigenvalue weighted by Gasteiger charge is -2.27. The van der Waals surface area contributed by atoms with E-state index in [4.69, 9.17) is 0 Å². The third-order valence-corrected chi connectivity index (χ3v) is 7.54. The normalized spacial score (nSPS) is 14.7. The standard InChI is InChI=1S/C24H34N4O3S/c1-27(2)23-14-13-21(32(30,31)28-16-7-4-8-17-28)18-22(23)26-19-24(29)25-15-9-12-20-10-5-3-6-11-20/h3,5-6,10-11,13-14,18,26H,4,7-9,12,15-17,19H2,1-2H3,(H,25,29). The highest BCUT2D eigenvalue weighted by Gasteiger charge is 2.26. The molecule has 0 unspecified atom stereocenters. The van der Waals surface area contributed by atoms with Gasteiger partial charge in [-0.3, -0.25) is 4.79 Å². The Kier molecular flexibility index (Phi) is 8.53. The number of nitrogens with zero attached hydrogens (tertiary/aromatic N) is 2. The molecule has 32 heavy (non-hydrogen) atoms. The molecule has 8 heteroatoms. The average Bonchev–Trinajstić information content (AvgIpc) is 2.81. The predicted octanol–water partition coefficient (Wildman–Crippen LogP) is 3.09. The number of carbonyl (C=O) groups is 1. The molecule has 1 heterocycles. The van der Waals surface area contributed by atoms with Crippen molar-refractivity contribution in [3.05, 3.63) is 54.1 Å². The van der Waals surface area contributed by atoms with E-state index in [-0.39, 0.29) is 17.3 Å². The fourth-order valence-electron chi connectivity index (χ4n) is 3.86. The van der Waals surface area contributed by atoms with Crippen LogP contribution in [0.5, 0.6) is 0 Å². The summed E-state index contributed by atoms with van der Waals surface area (Å²) in [7, 11) is 0.248. The SMILES string of the molecule is CN(C)c1ccc(S(=O)(=O)N2CCCCC2)cc1NCC(=O)NCCCc1ccccc1. The number of amides is 1. The molecular formula is C24H34N4O3S. The first kappa shape index (κ1) is 24.1. The van der Waals surface area contributed by atoms with Crippen molar-refractivity contribution in [2.75, 3.05) is 50.5 Å². The third kappa shape index (κ3) is 6.46. The first-order valence-electron chi connectivity index (χ1n) is 11.2. The van der Waals surface area contributed by atoms with Gasteiger partial charge in [-0.15, -0.1) is 0 Å². The summed E-state index contributed by atoms with van der Waals surface area (Å²) in [5, 5.41) is 6.06. The van der Waals surface area contributed by atoms with Crippen molar-refractivity contribution >= 4 is 27.3 Å². The molecule has 0 bridgehead atoms. The molecule has 0 saturated carbocycles. The third-order valence-electron chi connectivity index (χ3n) is 5.65. The molecule has 0 radical (unpaired) electrons. The smallest absolute Gasteiger partial charge is 0.243 e. The highest BCUT2D eigenvalue weighted by Crippen LogP contribution is 2.29. The van der Waals surface area contributed by atoms with E-state index in [9.17, 15) is 13.2 Å². The van der Waals surface area contributed by atoms with Crippen LogP contribution < -0.4 is 15.5 Å². The molecular weight excluding hydrogens is 424 g/mol. The van der Waals surface area contributed by atoms with Crippen LogP contribution in [0.25, 0.3) is 0 Å². The summed E-state index contributed by atoms with van der Waals surface area (Å²) in [6.45, 7) is 1.80. The molecule has 1 amide bonds. The fourth-order valence-corrected chi connectivity index (χ4v) is 5.41. The van der Waals surface area contributed by atoms with Crippen molar-refractivity contribution < 1.29 is 13.2 Å². The summed E-state index contributed by atoms with van der Waals surface area (Å²) in [5.41, 5.74) is 2.72. The number of sulfonamides is 1. The molecule has 1 fully saturated rings. The second-order valence-corrected chi connectivity index (χ2v) is 10.3. The molecule has 2 N–H and O–H groups in total. The van der Waals surface area contributed by atoms with Crippen molar-refractivity contribution in [1.82, 2.24) is 9.62 Å². The molecule has 2 aromatic carbocycles. The van der Waals surface area contributed by atoms with Crippen LogP contribution >= 0.6 is 0 Å². The lowest BCUT2D eigenvalue weighted by atomic mass is 10.1. The minimum Gasteiger partial charge on any atom is -0.376 e. The zero-order valence-electron chi connectivity index (χ0n) is 19.0. The largest absolute Gasteiger partial charge is 0.376 e. The molecule has 174 valence electrons. The number of benzene rings is 2. The van der Waals surface area contributed by atoms with E-state index in [0.717, 1.165) is 37.8 Å². The fraction of sp³-hybridized carbons (Fsp3) is 0.458. The van der Waals surface area contributed by atoms with Crippen LogP contribution in [0, 0.1) is 0 Å². The second kappa shape index (κ2) is 11.3. The minimum atomic E-state index is -3.54. The van der Waals surface area contributed by atoms with Gasteiger partial charge in [-0.1, -0.05) is 36.8 Å². The Hall–Kier alpha value is -2.58. The number of piperidine rings is 1. The van der Waals surface area contributed by atoms with E-state index in [1.807, 2.05) is 37.2 Å². The number of anilines is 2. The number of rotatable bonds is 10. The van der Waals surface area contributed by atoms with Gasteiger partial charge >= 0.3 is 0 Å². The molecule has 2 aromatic rings. The van der Waals surface area contributed by atoms with Crippen LogP contribution in [-0.2, 0) is 21.2 Å². The summed E-state index contributed by atoms with van der Waals surface area (Å²) in [6.07, 6.45) is 4.63. The Bertz CT molecular complexity index is 988. The van der Waals surface area contributed by atoms with Gasteiger partial charge in [0, 0.05) is 33.7 Å². The maximum atomic E-state index is 13.1. The Morgan fingerprint density at radius 2 is 1.75 bits per heavy atom. The monoisotopic (exact) mass is 458 g/mol. The second-order valence-electron chi connectivity index (χ2n) is 8.33. The van der Waals surface area contributed by atoms with Crippen LogP contribution in [0.3, 0.4) is 0 Å². The Morgan fingerprint density at radius 3 is 2.44 bits per heavy atom. The zero-order chi connectivity index (χ0) is 23.0. The average molecular weight is 459 g/mol. The van der Waals surface area contributed by atoms with Gasteiger partial charge in [-0.05, 0) is 49.4 Å². The molecule has 3 rings (SSSR count). The quantitative estimate of drug-likeness (QED) is 0.535. The van der Waals surface area contributed by atoms with E-state index in [0.29, 0.717) is 25.3 Å². The molecule has 0 spiro atoms. The lowest BCUT2D eigenvalue weighted by Crippen LogP contribution is -2.35. The van der Waals surface area contributed by atoms with Crippen molar-refractivity contribution in [2.24, 2.45) is 0 Å². The number of hydrogen-bond donors (Lipinski definition) is 2. The number of carbonyl (C=O) groups excluding carboxylic acids is 1. The van der Waals surface area contributed by atoms with Gasteiger partial charge in [0.25, 0.3) is 0 Å². The number of aryl methyl sites for hydroxylation is 1. The Balaban J connectivity index is 1.59. The molecule has 0 aromatic heterocycles. The van der Waals surface area contributed by atoms with Gasteiger partial charge in [0.05, 0.1) is 22.8 Å². The lowest BCUT2D eigenvalue weighted by molar-refractivity contribution is -0.119. The van der Waals surface area contributed by atoms with E-state index in [1.165, 1.54) is 5.56 Å². The molecule has 1 aliphatic heterocycles. The minimum absolute atomic E-state index is 0.0827. The highest BCUT2D eigenvalue weighted by molar-refractivity contribution is 7.89. The highest BCUT2D eigenvalue weighted by atomic mass is 32.2. The van der Waals surface area contributed by atoms with Crippen molar-refractivity contribution in [3.63, 3.8) is 0 Å². The van der Waals surface area contributed by atoms with Gasteiger partial charge in [0.15, 0.2) is 0 Å². The van der Waals surface area contributed by atoms with Crippen LogP contribution in [0.2, 0.25) is 0 Å². The molecule has 1 saturated heterocycles. The predicted molar refractivity (Wildman–Crippen MR) is 130 cm³/mol. The van der Waals surface area contributed by atoms with Crippen LogP contribution in [0.1, 0.15) is 31.2 Å². The van der Waals surface area contributed by atoms with Crippen LogP contribution in [0.15, 0.2) is 53.4 Å².